The first-order valence-corrected chi connectivity index (χ1v) is 11.5. The average Bonchev–Trinajstić information content (AvgIpc) is 2.88. The van der Waals surface area contributed by atoms with E-state index in [1.165, 1.54) is 11.7 Å². The third-order valence-corrected chi connectivity index (χ3v) is 5.69. The first-order valence-electron chi connectivity index (χ1n) is 11.5. The van der Waals surface area contributed by atoms with Crippen molar-refractivity contribution in [3.05, 3.63) is 92.6 Å². The lowest BCUT2D eigenvalue weighted by molar-refractivity contribution is -0.148. The number of hydrogen-bond acceptors (Lipinski definition) is 7. The van der Waals surface area contributed by atoms with E-state index in [-0.39, 0.29) is 43.5 Å². The van der Waals surface area contributed by atoms with E-state index in [0.717, 1.165) is 16.0 Å². The van der Waals surface area contributed by atoms with E-state index < -0.39 is 29.7 Å². The van der Waals surface area contributed by atoms with Gasteiger partial charge in [0.15, 0.2) is 12.3 Å². The van der Waals surface area contributed by atoms with Crippen molar-refractivity contribution >= 4 is 23.4 Å². The molecule has 0 saturated heterocycles. The van der Waals surface area contributed by atoms with Crippen LogP contribution in [0.4, 0.5) is 11.5 Å². The Labute approximate surface area is 208 Å². The number of benzene rings is 2. The second-order valence-corrected chi connectivity index (χ2v) is 8.28. The topological polar surface area (TPSA) is 137 Å². The summed E-state index contributed by atoms with van der Waals surface area (Å²) in [5, 5.41) is 0. The van der Waals surface area contributed by atoms with E-state index in [4.69, 9.17) is 15.2 Å². The number of aromatic nitrogens is 2. The maximum Gasteiger partial charge on any atom is 0.330 e. The number of carbonyl (C=O) groups is 2. The predicted octanol–water partition coefficient (Wildman–Crippen LogP) is 1.88. The molecule has 1 heterocycles. The Morgan fingerprint density at radius 3 is 2.33 bits per heavy atom. The van der Waals surface area contributed by atoms with Gasteiger partial charge in [0.05, 0.1) is 19.6 Å². The molecule has 0 bridgehead atoms. The third-order valence-electron chi connectivity index (χ3n) is 5.69. The van der Waals surface area contributed by atoms with Crippen molar-refractivity contribution in [1.29, 1.82) is 0 Å². The van der Waals surface area contributed by atoms with Crippen LogP contribution >= 0.6 is 0 Å². The average molecular weight is 495 g/mol. The molecule has 1 amide bonds. The molecule has 36 heavy (non-hydrogen) atoms. The molecule has 10 nitrogen and oxygen atoms in total. The second kappa shape index (κ2) is 12.5. The Hall–Kier alpha value is -4.18. The standard InChI is InChI=1S/C26H30N4O6/c1-18(20-11-7-4-8-12-20)15-22(32)36-17-21(31)29(13-14-35-2)23-24(27)30(26(34)28-25(23)33)16-19-9-5-3-6-10-19/h3-12,18H,13-17,27H2,1-2H3,(H,28,33,34)/t18-/m0/s1. The summed E-state index contributed by atoms with van der Waals surface area (Å²) in [6, 6.07) is 18.5. The quantitative estimate of drug-likeness (QED) is 0.388. The second-order valence-electron chi connectivity index (χ2n) is 8.28. The molecule has 0 aliphatic rings. The first kappa shape index (κ1) is 26.4. The molecule has 10 heteroatoms. The summed E-state index contributed by atoms with van der Waals surface area (Å²) in [4.78, 5) is 54.0. The highest BCUT2D eigenvalue weighted by Gasteiger charge is 2.25. The number of anilines is 2. The lowest BCUT2D eigenvalue weighted by Gasteiger charge is -2.24. The summed E-state index contributed by atoms with van der Waals surface area (Å²) in [7, 11) is 1.44. The Morgan fingerprint density at radius 2 is 1.69 bits per heavy atom. The van der Waals surface area contributed by atoms with E-state index >= 15 is 0 Å². The van der Waals surface area contributed by atoms with Gasteiger partial charge >= 0.3 is 11.7 Å². The van der Waals surface area contributed by atoms with Crippen LogP contribution in [0.2, 0.25) is 0 Å². The van der Waals surface area contributed by atoms with Crippen LogP contribution in [0.3, 0.4) is 0 Å². The molecular weight excluding hydrogens is 464 g/mol. The molecule has 0 saturated carbocycles. The minimum atomic E-state index is -0.824. The number of hydrogen-bond donors (Lipinski definition) is 2. The summed E-state index contributed by atoms with van der Waals surface area (Å²) in [6.07, 6.45) is 0.0834. The van der Waals surface area contributed by atoms with Gasteiger partial charge in [-0.25, -0.2) is 4.79 Å². The normalized spacial score (nSPS) is 11.6. The van der Waals surface area contributed by atoms with Crippen molar-refractivity contribution in [2.45, 2.75) is 25.8 Å². The zero-order chi connectivity index (χ0) is 26.1. The zero-order valence-corrected chi connectivity index (χ0v) is 20.3. The molecular formula is C26H30N4O6. The van der Waals surface area contributed by atoms with Gasteiger partial charge < -0.3 is 15.2 Å². The smallest absolute Gasteiger partial charge is 0.330 e. The SMILES string of the molecule is COCCN(C(=O)COC(=O)C[C@H](C)c1ccccc1)c1c(N)n(Cc2ccccc2)c(=O)[nH]c1=O. The molecule has 0 spiro atoms. The summed E-state index contributed by atoms with van der Waals surface area (Å²) < 4.78 is 11.5. The van der Waals surface area contributed by atoms with Crippen LogP contribution in [0, 0.1) is 0 Å². The molecule has 0 fully saturated rings. The van der Waals surface area contributed by atoms with E-state index in [9.17, 15) is 19.2 Å². The zero-order valence-electron chi connectivity index (χ0n) is 20.3. The van der Waals surface area contributed by atoms with Gasteiger partial charge in [0, 0.05) is 13.7 Å². The van der Waals surface area contributed by atoms with Crippen LogP contribution < -0.4 is 21.9 Å². The number of amides is 1. The summed E-state index contributed by atoms with van der Waals surface area (Å²) in [5.74, 6) is -1.50. The monoisotopic (exact) mass is 494 g/mol. The number of H-pyrrole nitrogens is 1. The Balaban J connectivity index is 1.79. The summed E-state index contributed by atoms with van der Waals surface area (Å²) in [5.41, 5.74) is 6.25. The van der Waals surface area contributed by atoms with E-state index in [0.29, 0.717) is 0 Å². The van der Waals surface area contributed by atoms with Gasteiger partial charge in [-0.1, -0.05) is 67.6 Å². The maximum absolute atomic E-state index is 13.1. The minimum absolute atomic E-state index is 0.0376. The lowest BCUT2D eigenvalue weighted by atomic mass is 9.98. The Morgan fingerprint density at radius 1 is 1.06 bits per heavy atom. The Kier molecular flexibility index (Phi) is 9.18. The number of nitrogens with one attached hydrogen (secondary N) is 1. The maximum atomic E-state index is 13.1. The summed E-state index contributed by atoms with van der Waals surface area (Å²) in [6.45, 7) is 1.43. The number of esters is 1. The van der Waals surface area contributed by atoms with Crippen LogP contribution in [0.15, 0.2) is 70.3 Å². The highest BCUT2D eigenvalue weighted by atomic mass is 16.5. The van der Waals surface area contributed by atoms with E-state index in [2.05, 4.69) is 4.98 Å². The highest BCUT2D eigenvalue weighted by Crippen LogP contribution is 2.20. The molecule has 3 aromatic rings. The number of rotatable bonds is 11. The first-order chi connectivity index (χ1) is 17.3. The molecule has 3 N–H and O–H groups in total. The molecule has 0 aliphatic heterocycles. The summed E-state index contributed by atoms with van der Waals surface area (Å²) >= 11 is 0. The van der Waals surface area contributed by atoms with Crippen molar-refractivity contribution in [3.63, 3.8) is 0 Å². The Bertz CT molecular complexity index is 1290. The third kappa shape index (κ3) is 6.70. The number of nitrogens with zero attached hydrogens (tertiary/aromatic N) is 2. The molecule has 190 valence electrons. The van der Waals surface area contributed by atoms with Gasteiger partial charge in [0.1, 0.15) is 5.82 Å². The van der Waals surface area contributed by atoms with Gasteiger partial charge in [-0.3, -0.25) is 28.8 Å². The van der Waals surface area contributed by atoms with Crippen LogP contribution in [-0.4, -0.2) is 48.3 Å². The number of nitrogens with two attached hydrogens (primary N) is 1. The minimum Gasteiger partial charge on any atom is -0.456 e. The van der Waals surface area contributed by atoms with Gasteiger partial charge in [-0.15, -0.1) is 0 Å². The molecule has 2 aromatic carbocycles. The van der Waals surface area contributed by atoms with Crippen LogP contribution in [0.25, 0.3) is 0 Å². The number of nitrogen functional groups attached to an aromatic ring is 1. The van der Waals surface area contributed by atoms with E-state index in [1.54, 1.807) is 12.1 Å². The van der Waals surface area contributed by atoms with Crippen molar-refractivity contribution in [3.8, 4) is 0 Å². The highest BCUT2D eigenvalue weighted by molar-refractivity contribution is 5.97. The van der Waals surface area contributed by atoms with Gasteiger partial charge in [0.25, 0.3) is 11.5 Å². The van der Waals surface area contributed by atoms with E-state index in [1.807, 2.05) is 55.5 Å². The number of carbonyl (C=O) groups excluding carboxylic acids is 2. The molecule has 0 aliphatic carbocycles. The molecule has 1 aromatic heterocycles. The van der Waals surface area contributed by atoms with Crippen LogP contribution in [0.1, 0.15) is 30.4 Å². The van der Waals surface area contributed by atoms with Crippen molar-refractivity contribution in [1.82, 2.24) is 9.55 Å². The lowest BCUT2D eigenvalue weighted by Crippen LogP contribution is -2.44. The largest absolute Gasteiger partial charge is 0.456 e. The predicted molar refractivity (Wildman–Crippen MR) is 136 cm³/mol. The fourth-order valence-corrected chi connectivity index (χ4v) is 3.73. The fourth-order valence-electron chi connectivity index (χ4n) is 3.73. The van der Waals surface area contributed by atoms with Crippen molar-refractivity contribution in [2.75, 3.05) is 37.5 Å². The van der Waals surface area contributed by atoms with Crippen molar-refractivity contribution in [2.24, 2.45) is 0 Å². The molecule has 3 rings (SSSR count). The number of aromatic amines is 1. The van der Waals surface area contributed by atoms with Gasteiger partial charge in [0.2, 0.25) is 0 Å². The fraction of sp³-hybridized carbons (Fsp3) is 0.308. The molecule has 1 atom stereocenters. The number of ether oxygens (including phenoxy) is 2. The molecule has 0 unspecified atom stereocenters. The van der Waals surface area contributed by atoms with Gasteiger partial charge in [-0.05, 0) is 17.0 Å². The van der Waals surface area contributed by atoms with Crippen LogP contribution in [0.5, 0.6) is 0 Å². The number of methoxy groups -OCH3 is 1. The van der Waals surface area contributed by atoms with Gasteiger partial charge in [-0.2, -0.15) is 0 Å². The molecule has 0 radical (unpaired) electrons. The van der Waals surface area contributed by atoms with Crippen LogP contribution in [-0.2, 0) is 25.6 Å². The van der Waals surface area contributed by atoms with Crippen molar-refractivity contribution < 1.29 is 19.1 Å².